The lowest BCUT2D eigenvalue weighted by atomic mass is 9.42. The number of aliphatic hydroxyl groups is 1. The molecule has 5 aliphatic carbocycles. The Morgan fingerprint density at radius 2 is 1.79 bits per heavy atom. The van der Waals surface area contributed by atoms with E-state index in [2.05, 4.69) is 13.8 Å². The molecule has 0 radical (unpaired) electrons. The van der Waals surface area contributed by atoms with Gasteiger partial charge in [-0.3, -0.25) is 9.59 Å². The van der Waals surface area contributed by atoms with Crippen molar-refractivity contribution in [2.45, 2.75) is 89.8 Å². The SMILES string of the molecule is C[C@]1(C2CCC(=O)O2)CCC2C(C1C1CC1)[C@H]1C[C@H]1[C@]1(O)CC(=O)CC[C@]21C. The first kappa shape index (κ1) is 17.9. The van der Waals surface area contributed by atoms with Crippen molar-refractivity contribution in [3.05, 3.63) is 0 Å². The summed E-state index contributed by atoms with van der Waals surface area (Å²) in [7, 11) is 0. The molecule has 1 aliphatic heterocycles. The molecule has 6 aliphatic rings. The van der Waals surface area contributed by atoms with E-state index in [1.807, 2.05) is 0 Å². The van der Waals surface area contributed by atoms with Gasteiger partial charge >= 0.3 is 5.97 Å². The van der Waals surface area contributed by atoms with Gasteiger partial charge in [0.05, 0.1) is 5.60 Å². The van der Waals surface area contributed by atoms with Crippen molar-refractivity contribution >= 4 is 11.8 Å². The number of Topliss-reactive ketones (excluding diaryl/α,β-unsaturated/α-hetero) is 1. The molecule has 9 atom stereocenters. The summed E-state index contributed by atoms with van der Waals surface area (Å²) >= 11 is 0. The maximum absolute atomic E-state index is 12.3. The Morgan fingerprint density at radius 3 is 2.46 bits per heavy atom. The largest absolute Gasteiger partial charge is 0.462 e. The number of hydrogen-bond acceptors (Lipinski definition) is 4. The standard InChI is InChI=1S/C24H34O4/c1-22(18-5-6-19(26)28-18)9-8-16-20(21(22)13-3-4-13)15-11-17(15)24(27)12-14(25)7-10-23(16,24)2/h13,15-18,20-21,27H,3-12H2,1-2H3/t15-,16?,17+,18?,20?,21?,22+,23+,24+/m0/s1. The second-order valence-corrected chi connectivity index (χ2v) is 11.7. The highest BCUT2D eigenvalue weighted by Crippen LogP contribution is 2.76. The van der Waals surface area contributed by atoms with E-state index in [0.717, 1.165) is 38.0 Å². The molecule has 154 valence electrons. The zero-order valence-corrected chi connectivity index (χ0v) is 17.3. The normalized spacial score (nSPS) is 57.8. The van der Waals surface area contributed by atoms with Crippen LogP contribution in [0.25, 0.3) is 0 Å². The summed E-state index contributed by atoms with van der Waals surface area (Å²) < 4.78 is 5.87. The number of carbonyl (C=O) groups excluding carboxylic acids is 2. The average Bonchev–Trinajstić information content (AvgIpc) is 3.55. The van der Waals surface area contributed by atoms with E-state index >= 15 is 0 Å². The summed E-state index contributed by atoms with van der Waals surface area (Å²) in [6.45, 7) is 4.73. The fraction of sp³-hybridized carbons (Fsp3) is 0.917. The third-order valence-electron chi connectivity index (χ3n) is 10.5. The van der Waals surface area contributed by atoms with Gasteiger partial charge in [-0.25, -0.2) is 0 Å². The van der Waals surface area contributed by atoms with Crippen LogP contribution in [0.2, 0.25) is 0 Å². The fourth-order valence-electron chi connectivity index (χ4n) is 8.95. The smallest absolute Gasteiger partial charge is 0.306 e. The van der Waals surface area contributed by atoms with Gasteiger partial charge in [0.1, 0.15) is 11.9 Å². The zero-order chi connectivity index (χ0) is 19.5. The molecule has 1 heterocycles. The Bertz CT molecular complexity index is 743. The Labute approximate surface area is 167 Å². The van der Waals surface area contributed by atoms with Gasteiger partial charge in [0.2, 0.25) is 0 Å². The van der Waals surface area contributed by atoms with Crippen LogP contribution in [-0.2, 0) is 14.3 Å². The minimum atomic E-state index is -0.768. The number of hydrogen-bond donors (Lipinski definition) is 1. The minimum absolute atomic E-state index is 0.0111. The summed E-state index contributed by atoms with van der Waals surface area (Å²) in [6.07, 6.45) is 9.41. The van der Waals surface area contributed by atoms with Crippen molar-refractivity contribution in [2.24, 2.45) is 46.3 Å². The lowest BCUT2D eigenvalue weighted by Gasteiger charge is -2.64. The quantitative estimate of drug-likeness (QED) is 0.731. The third-order valence-corrected chi connectivity index (χ3v) is 10.5. The molecule has 0 aromatic carbocycles. The van der Waals surface area contributed by atoms with Gasteiger partial charge in [-0.15, -0.1) is 0 Å². The number of cyclic esters (lactones) is 1. The maximum Gasteiger partial charge on any atom is 0.306 e. The lowest BCUT2D eigenvalue weighted by Crippen LogP contribution is -2.65. The first-order valence-corrected chi connectivity index (χ1v) is 11.7. The molecule has 4 heteroatoms. The predicted octanol–water partition coefficient (Wildman–Crippen LogP) is 3.89. The highest BCUT2D eigenvalue weighted by Gasteiger charge is 2.75. The van der Waals surface area contributed by atoms with Gasteiger partial charge in [-0.1, -0.05) is 13.8 Å². The fourth-order valence-corrected chi connectivity index (χ4v) is 8.95. The van der Waals surface area contributed by atoms with Crippen molar-refractivity contribution in [1.29, 1.82) is 0 Å². The van der Waals surface area contributed by atoms with E-state index in [1.165, 1.54) is 12.8 Å². The Kier molecular flexibility index (Phi) is 3.47. The van der Waals surface area contributed by atoms with Crippen molar-refractivity contribution < 1.29 is 19.4 Å². The average molecular weight is 387 g/mol. The molecule has 1 N–H and O–H groups in total. The van der Waals surface area contributed by atoms with Crippen LogP contribution in [0.4, 0.5) is 0 Å². The molecule has 6 rings (SSSR count). The van der Waals surface area contributed by atoms with Crippen LogP contribution in [-0.4, -0.2) is 28.6 Å². The van der Waals surface area contributed by atoms with E-state index in [1.54, 1.807) is 0 Å². The van der Waals surface area contributed by atoms with Crippen LogP contribution in [0, 0.1) is 46.3 Å². The monoisotopic (exact) mass is 386 g/mol. The van der Waals surface area contributed by atoms with Crippen molar-refractivity contribution in [3.63, 3.8) is 0 Å². The Balaban J connectivity index is 1.40. The molecule has 1 saturated heterocycles. The van der Waals surface area contributed by atoms with Crippen LogP contribution in [0.1, 0.15) is 78.1 Å². The lowest BCUT2D eigenvalue weighted by molar-refractivity contribution is -0.220. The van der Waals surface area contributed by atoms with Crippen molar-refractivity contribution in [3.8, 4) is 0 Å². The first-order chi connectivity index (χ1) is 13.3. The molecule has 0 aromatic rings. The number of fused-ring (bicyclic) bond motifs is 6. The van der Waals surface area contributed by atoms with Gasteiger partial charge in [0.15, 0.2) is 0 Å². The van der Waals surface area contributed by atoms with E-state index in [0.29, 0.717) is 48.9 Å². The second kappa shape index (κ2) is 5.42. The summed E-state index contributed by atoms with van der Waals surface area (Å²) in [5, 5.41) is 11.8. The molecular weight excluding hydrogens is 352 g/mol. The molecule has 0 amide bonds. The van der Waals surface area contributed by atoms with Crippen LogP contribution >= 0.6 is 0 Å². The minimum Gasteiger partial charge on any atom is -0.462 e. The summed E-state index contributed by atoms with van der Waals surface area (Å²) in [5.74, 6) is 3.71. The van der Waals surface area contributed by atoms with Gasteiger partial charge in [-0.2, -0.15) is 0 Å². The number of ether oxygens (including phenoxy) is 1. The maximum atomic E-state index is 12.3. The van der Waals surface area contributed by atoms with Gasteiger partial charge < -0.3 is 9.84 Å². The first-order valence-electron chi connectivity index (χ1n) is 11.7. The van der Waals surface area contributed by atoms with E-state index in [9.17, 15) is 14.7 Å². The topological polar surface area (TPSA) is 63.6 Å². The summed E-state index contributed by atoms with van der Waals surface area (Å²) in [4.78, 5) is 24.2. The van der Waals surface area contributed by atoms with Gasteiger partial charge in [-0.05, 0) is 80.5 Å². The highest BCUT2D eigenvalue weighted by molar-refractivity contribution is 5.81. The zero-order valence-electron chi connectivity index (χ0n) is 17.3. The third kappa shape index (κ3) is 2.11. The van der Waals surface area contributed by atoms with E-state index < -0.39 is 5.60 Å². The molecule has 6 fully saturated rings. The van der Waals surface area contributed by atoms with Crippen LogP contribution in [0.15, 0.2) is 0 Å². The van der Waals surface area contributed by atoms with Crippen LogP contribution < -0.4 is 0 Å². The molecule has 0 bridgehead atoms. The van der Waals surface area contributed by atoms with Crippen molar-refractivity contribution in [2.75, 3.05) is 0 Å². The van der Waals surface area contributed by atoms with Crippen molar-refractivity contribution in [1.82, 2.24) is 0 Å². The number of carbonyl (C=O) groups is 2. The summed E-state index contributed by atoms with van der Waals surface area (Å²) in [5.41, 5.74) is -0.794. The van der Waals surface area contributed by atoms with Crippen LogP contribution in [0.5, 0.6) is 0 Å². The van der Waals surface area contributed by atoms with E-state index in [4.69, 9.17) is 4.74 Å². The second-order valence-electron chi connectivity index (χ2n) is 11.7. The molecular formula is C24H34O4. The number of esters is 1. The number of ketones is 1. The highest BCUT2D eigenvalue weighted by atomic mass is 16.6. The summed E-state index contributed by atoms with van der Waals surface area (Å²) in [6, 6.07) is 0. The van der Waals surface area contributed by atoms with Crippen LogP contribution in [0.3, 0.4) is 0 Å². The number of rotatable bonds is 2. The molecule has 4 unspecified atom stereocenters. The van der Waals surface area contributed by atoms with Gasteiger partial charge in [0.25, 0.3) is 0 Å². The Morgan fingerprint density at radius 1 is 1.00 bits per heavy atom. The molecule has 0 spiro atoms. The molecule has 4 nitrogen and oxygen atoms in total. The molecule has 0 aromatic heterocycles. The van der Waals surface area contributed by atoms with Gasteiger partial charge in [0, 0.05) is 30.1 Å². The Hall–Kier alpha value is -0.900. The molecule has 28 heavy (non-hydrogen) atoms. The predicted molar refractivity (Wildman–Crippen MR) is 103 cm³/mol. The molecule has 5 saturated carbocycles. The van der Waals surface area contributed by atoms with E-state index in [-0.39, 0.29) is 28.7 Å².